The third-order valence-corrected chi connectivity index (χ3v) is 11.1. The zero-order chi connectivity index (χ0) is 32.8. The van der Waals surface area contributed by atoms with E-state index < -0.39 is 88.0 Å². The summed E-state index contributed by atoms with van der Waals surface area (Å²) in [5.74, 6) is -7.21. The number of ether oxygens (including phenoxy) is 2. The van der Waals surface area contributed by atoms with Crippen LogP contribution >= 0.6 is 0 Å². The van der Waals surface area contributed by atoms with Gasteiger partial charge >= 0.3 is 11.9 Å². The molecular weight excluding hydrogens is 564 g/mol. The third kappa shape index (κ3) is 5.03. The molecule has 0 bridgehead atoms. The zero-order valence-corrected chi connectivity index (χ0v) is 27.2. The van der Waals surface area contributed by atoms with Crippen LogP contribution in [0.25, 0.3) is 0 Å². The average molecular weight is 615 g/mol. The lowest BCUT2D eigenvalue weighted by Gasteiger charge is -2.52. The fraction of sp³-hybridized carbons (Fsp3) is 0.714. The van der Waals surface area contributed by atoms with Gasteiger partial charge < -0.3 is 24.8 Å². The van der Waals surface area contributed by atoms with E-state index in [9.17, 15) is 34.5 Å². The van der Waals surface area contributed by atoms with Gasteiger partial charge in [-0.3, -0.25) is 19.2 Å². The fourth-order valence-corrected chi connectivity index (χ4v) is 8.26. The minimum atomic E-state index is -2.28. The Hall–Kier alpha value is -2.62. The molecule has 0 heterocycles. The highest BCUT2D eigenvalue weighted by Crippen LogP contribution is 2.77. The molecule has 0 aromatic rings. The number of aliphatic hydroxyl groups excluding tert-OH is 1. The maximum absolute atomic E-state index is 14.2. The Kier molecular flexibility index (Phi) is 9.57. The van der Waals surface area contributed by atoms with Crippen LogP contribution in [0.3, 0.4) is 0 Å². The smallest absolute Gasteiger partial charge is 0.309 e. The lowest BCUT2D eigenvalue weighted by Crippen LogP contribution is -2.67. The standard InChI is InChI=1S/C35H50O9/c1-8-10-11-12-13-14-15-16-25(37)44-35-28(32(35,6)7)26-27(38)23(19-36)18-33(41)24(17-21(4)29(33)39)34(26,42)22(5)30(35)43-31(40)20(3)9-2/h13-14,17-18,20,22,24,26,28,30,36,41-42H,8-12,15-16,19H2,1-7H3/b14-13-/t20-,22+,24+,26-,28+,30+,33+,34-,35+/m0/s1. The first kappa shape index (κ1) is 34.3. The van der Waals surface area contributed by atoms with Gasteiger partial charge in [0, 0.05) is 35.2 Å². The molecule has 9 heteroatoms. The molecule has 0 saturated heterocycles. The predicted molar refractivity (Wildman–Crippen MR) is 163 cm³/mol. The van der Waals surface area contributed by atoms with E-state index in [0.717, 1.165) is 31.8 Å². The van der Waals surface area contributed by atoms with Gasteiger partial charge in [-0.1, -0.05) is 72.6 Å². The molecule has 0 aliphatic heterocycles. The monoisotopic (exact) mass is 614 g/mol. The molecule has 44 heavy (non-hydrogen) atoms. The molecule has 0 radical (unpaired) electrons. The molecule has 0 aromatic carbocycles. The second-order valence-corrected chi connectivity index (χ2v) is 14.0. The number of hydrogen-bond donors (Lipinski definition) is 3. The fourth-order valence-electron chi connectivity index (χ4n) is 8.26. The highest BCUT2D eigenvalue weighted by Gasteiger charge is 2.89. The normalized spacial score (nSPS) is 37.7. The van der Waals surface area contributed by atoms with Crippen molar-refractivity contribution in [1.82, 2.24) is 0 Å². The van der Waals surface area contributed by atoms with Crippen molar-refractivity contribution in [2.45, 2.75) is 116 Å². The zero-order valence-electron chi connectivity index (χ0n) is 27.2. The van der Waals surface area contributed by atoms with Crippen molar-refractivity contribution >= 4 is 23.5 Å². The number of allylic oxidation sites excluding steroid dienone is 2. The Morgan fingerprint density at radius 2 is 1.75 bits per heavy atom. The highest BCUT2D eigenvalue weighted by atomic mass is 16.6. The van der Waals surface area contributed by atoms with Gasteiger partial charge in [0.2, 0.25) is 0 Å². The Labute approximate surface area is 260 Å². The number of esters is 2. The van der Waals surface area contributed by atoms with Crippen LogP contribution in [0.15, 0.2) is 35.5 Å². The van der Waals surface area contributed by atoms with E-state index >= 15 is 0 Å². The number of ketones is 2. The largest absolute Gasteiger partial charge is 0.457 e. The second kappa shape index (κ2) is 12.3. The number of unbranched alkanes of at least 4 members (excludes halogenated alkanes) is 3. The van der Waals surface area contributed by atoms with Crippen molar-refractivity contribution in [3.63, 3.8) is 0 Å². The van der Waals surface area contributed by atoms with Crippen molar-refractivity contribution in [2.24, 2.45) is 35.0 Å². The molecule has 0 unspecified atom stereocenters. The first-order chi connectivity index (χ1) is 20.6. The second-order valence-electron chi connectivity index (χ2n) is 14.0. The maximum Gasteiger partial charge on any atom is 0.309 e. The molecule has 0 spiro atoms. The molecule has 9 nitrogen and oxygen atoms in total. The van der Waals surface area contributed by atoms with Crippen LogP contribution in [0.2, 0.25) is 0 Å². The Bertz CT molecular complexity index is 1280. The summed E-state index contributed by atoms with van der Waals surface area (Å²) in [7, 11) is 0. The van der Waals surface area contributed by atoms with E-state index in [0.29, 0.717) is 12.8 Å². The molecule has 3 N–H and O–H groups in total. The molecule has 2 saturated carbocycles. The van der Waals surface area contributed by atoms with Crippen LogP contribution in [0.4, 0.5) is 0 Å². The van der Waals surface area contributed by atoms with Crippen molar-refractivity contribution in [3.8, 4) is 0 Å². The summed E-state index contributed by atoms with van der Waals surface area (Å²) < 4.78 is 12.5. The molecule has 0 amide bonds. The lowest BCUT2D eigenvalue weighted by atomic mass is 9.58. The number of aliphatic hydroxyl groups is 3. The summed E-state index contributed by atoms with van der Waals surface area (Å²) in [6.07, 6.45) is 10.7. The van der Waals surface area contributed by atoms with Gasteiger partial charge in [-0.15, -0.1) is 0 Å². The van der Waals surface area contributed by atoms with E-state index in [1.165, 1.54) is 13.0 Å². The number of carbonyl (C=O) groups excluding carboxylic acids is 4. The summed E-state index contributed by atoms with van der Waals surface area (Å²) >= 11 is 0. The summed E-state index contributed by atoms with van der Waals surface area (Å²) in [4.78, 5) is 54.2. The van der Waals surface area contributed by atoms with Gasteiger partial charge in [0.05, 0.1) is 24.0 Å². The first-order valence-corrected chi connectivity index (χ1v) is 16.2. The van der Waals surface area contributed by atoms with Crippen molar-refractivity contribution in [3.05, 3.63) is 35.5 Å². The molecular formula is C35H50O9. The topological polar surface area (TPSA) is 147 Å². The number of fused-ring (bicyclic) bond motifs is 5. The number of Topliss-reactive ketones (excluding diaryl/α,β-unsaturated/α-hetero) is 2. The predicted octanol–water partition coefficient (Wildman–Crippen LogP) is 4.17. The van der Waals surface area contributed by atoms with Gasteiger partial charge in [-0.25, -0.2) is 0 Å². The molecule has 9 atom stereocenters. The number of hydrogen-bond acceptors (Lipinski definition) is 9. The molecule has 2 fully saturated rings. The number of rotatable bonds is 12. The minimum absolute atomic E-state index is 0.0821. The van der Waals surface area contributed by atoms with E-state index in [2.05, 4.69) is 13.0 Å². The van der Waals surface area contributed by atoms with Crippen molar-refractivity contribution in [2.75, 3.05) is 6.61 Å². The van der Waals surface area contributed by atoms with E-state index in [1.807, 2.05) is 26.8 Å². The third-order valence-electron chi connectivity index (χ3n) is 11.1. The van der Waals surface area contributed by atoms with Gasteiger partial charge in [0.15, 0.2) is 22.8 Å². The van der Waals surface area contributed by atoms with E-state index in [1.54, 1.807) is 13.8 Å². The maximum atomic E-state index is 14.2. The SMILES string of the molecule is CCCCC/C=C\CCC(=O)O[C@@]12[C@H](OC(=O)[C@@H](C)CC)[C@@H](C)[C@@]3(O)[C@@H](C(=O)C(CO)=C[C@]4(O)C(=O)C(C)=C[C@@H]34)[C@@H]1C2(C)C. The van der Waals surface area contributed by atoms with Gasteiger partial charge in [0.1, 0.15) is 6.10 Å². The molecule has 0 aromatic heterocycles. The molecule has 4 rings (SSSR count). The van der Waals surface area contributed by atoms with Crippen LogP contribution in [0.1, 0.15) is 93.4 Å². The first-order valence-electron chi connectivity index (χ1n) is 16.2. The quantitative estimate of drug-likeness (QED) is 0.167. The van der Waals surface area contributed by atoms with Crippen LogP contribution in [0.5, 0.6) is 0 Å². The van der Waals surface area contributed by atoms with Gasteiger partial charge in [-0.2, -0.15) is 0 Å². The summed E-state index contributed by atoms with van der Waals surface area (Å²) in [5, 5.41) is 34.8. The van der Waals surface area contributed by atoms with Crippen LogP contribution in [-0.2, 0) is 28.7 Å². The van der Waals surface area contributed by atoms with Crippen molar-refractivity contribution < 1.29 is 44.0 Å². The van der Waals surface area contributed by atoms with E-state index in [-0.39, 0.29) is 17.6 Å². The van der Waals surface area contributed by atoms with Gasteiger partial charge in [-0.05, 0) is 44.3 Å². The Morgan fingerprint density at radius 3 is 2.36 bits per heavy atom. The van der Waals surface area contributed by atoms with Crippen LogP contribution in [0, 0.1) is 35.0 Å². The van der Waals surface area contributed by atoms with E-state index in [4.69, 9.17) is 9.47 Å². The molecule has 4 aliphatic carbocycles. The van der Waals surface area contributed by atoms with Crippen LogP contribution in [-0.4, -0.2) is 68.3 Å². The number of carbonyl (C=O) groups is 4. The Balaban J connectivity index is 1.78. The summed E-state index contributed by atoms with van der Waals surface area (Å²) in [6.45, 7) is 11.7. The highest BCUT2D eigenvalue weighted by molar-refractivity contribution is 6.09. The Morgan fingerprint density at radius 1 is 1.09 bits per heavy atom. The average Bonchev–Trinajstić information content (AvgIpc) is 3.38. The lowest BCUT2D eigenvalue weighted by molar-refractivity contribution is -0.231. The molecule has 244 valence electrons. The minimum Gasteiger partial charge on any atom is -0.457 e. The van der Waals surface area contributed by atoms with Crippen LogP contribution < -0.4 is 0 Å². The molecule has 4 aliphatic rings. The summed E-state index contributed by atoms with van der Waals surface area (Å²) in [6, 6.07) is 0. The summed E-state index contributed by atoms with van der Waals surface area (Å²) in [5.41, 5.74) is -6.72. The van der Waals surface area contributed by atoms with Crippen molar-refractivity contribution in [1.29, 1.82) is 0 Å². The van der Waals surface area contributed by atoms with Gasteiger partial charge in [0.25, 0.3) is 0 Å².